The van der Waals surface area contributed by atoms with Crippen LogP contribution in [-0.4, -0.2) is 108 Å². The molecule has 8 atom stereocenters. The summed E-state index contributed by atoms with van der Waals surface area (Å²) in [4.78, 5) is 78.9. The summed E-state index contributed by atoms with van der Waals surface area (Å²) in [5, 5.41) is 50.7. The average Bonchev–Trinajstić information content (AvgIpc) is 3.58. The zero-order valence-electron chi connectivity index (χ0n) is 28.8. The van der Waals surface area contributed by atoms with Crippen molar-refractivity contribution in [3.05, 3.63) is 59.7 Å². The van der Waals surface area contributed by atoms with Gasteiger partial charge in [0.2, 0.25) is 17.7 Å². The Bertz CT molecular complexity index is 1690. The van der Waals surface area contributed by atoms with Crippen LogP contribution in [0.1, 0.15) is 50.9 Å². The van der Waals surface area contributed by atoms with Gasteiger partial charge in [0.25, 0.3) is 0 Å². The number of methoxy groups -OCH3 is 1. The maximum atomic E-state index is 14.2. The molecule has 2 aliphatic heterocycles. The molecule has 2 heterocycles. The van der Waals surface area contributed by atoms with Crippen LogP contribution in [0, 0.1) is 0 Å². The summed E-state index contributed by atoms with van der Waals surface area (Å²) in [6.07, 6.45) is 0. The summed E-state index contributed by atoms with van der Waals surface area (Å²) in [6.45, 7) is 6.61. The fourth-order valence-electron chi connectivity index (χ4n) is 5.83. The zero-order valence-corrected chi connectivity index (χ0v) is 30.4. The summed E-state index contributed by atoms with van der Waals surface area (Å²) in [7, 11) is 1.09. The van der Waals surface area contributed by atoms with Gasteiger partial charge in [-0.2, -0.15) is 0 Å². The summed E-state index contributed by atoms with van der Waals surface area (Å²) in [5.41, 5.74) is 6.64. The molecule has 52 heavy (non-hydrogen) atoms. The van der Waals surface area contributed by atoms with Crippen LogP contribution in [0.4, 0.5) is 0 Å². The SMILES string of the molecule is COC(=O)C(NC(=O)C(NC(=O)C(NC(=O)C(N)c1ccc(O)cc1)C1NC(C(=O)O)C(C)(C)S1)c1ccc(O)cc1)C1NC(C(=O)O)C(C)(C)S1. The second kappa shape index (κ2) is 16.0. The maximum absolute atomic E-state index is 14.2. The number of phenols is 2. The molecule has 2 saturated heterocycles. The number of carboxylic acid groups (broad SMARTS) is 2. The van der Waals surface area contributed by atoms with Gasteiger partial charge in [0.15, 0.2) is 6.04 Å². The van der Waals surface area contributed by atoms with E-state index in [0.717, 1.165) is 30.6 Å². The molecule has 0 aliphatic carbocycles. The number of carbonyl (C=O) groups is 6. The van der Waals surface area contributed by atoms with Crippen molar-refractivity contribution in [1.29, 1.82) is 0 Å². The molecule has 17 nitrogen and oxygen atoms in total. The third-order valence-corrected chi connectivity index (χ3v) is 11.7. The van der Waals surface area contributed by atoms with Crippen LogP contribution in [0.5, 0.6) is 11.5 Å². The highest BCUT2D eigenvalue weighted by Gasteiger charge is 2.51. The van der Waals surface area contributed by atoms with Crippen molar-refractivity contribution in [2.75, 3.05) is 7.11 Å². The number of amides is 3. The molecule has 8 unspecified atom stereocenters. The van der Waals surface area contributed by atoms with Crippen molar-refractivity contribution in [3.63, 3.8) is 0 Å². The molecule has 19 heteroatoms. The molecule has 0 bridgehead atoms. The van der Waals surface area contributed by atoms with Gasteiger partial charge in [-0.05, 0) is 63.1 Å². The molecule has 11 N–H and O–H groups in total. The highest BCUT2D eigenvalue weighted by atomic mass is 32.2. The number of thioether (sulfide) groups is 2. The van der Waals surface area contributed by atoms with Crippen LogP contribution >= 0.6 is 23.5 Å². The number of hydrogen-bond acceptors (Lipinski definition) is 14. The lowest BCUT2D eigenvalue weighted by Crippen LogP contribution is -2.60. The average molecular weight is 763 g/mol. The maximum Gasteiger partial charge on any atom is 0.330 e. The van der Waals surface area contributed by atoms with Crippen molar-refractivity contribution < 1.29 is 53.9 Å². The van der Waals surface area contributed by atoms with Gasteiger partial charge in [-0.25, -0.2) is 4.79 Å². The molecule has 282 valence electrons. The van der Waals surface area contributed by atoms with Gasteiger partial charge in [0.1, 0.15) is 41.7 Å². The topological polar surface area (TPSA) is 279 Å². The van der Waals surface area contributed by atoms with Crippen molar-refractivity contribution in [1.82, 2.24) is 26.6 Å². The number of carboxylic acids is 2. The Labute approximate surface area is 307 Å². The number of nitrogens with two attached hydrogens (primary N) is 1. The van der Waals surface area contributed by atoms with Gasteiger partial charge >= 0.3 is 17.9 Å². The predicted molar refractivity (Wildman–Crippen MR) is 190 cm³/mol. The van der Waals surface area contributed by atoms with Gasteiger partial charge < -0.3 is 46.8 Å². The molecule has 4 rings (SSSR count). The fourth-order valence-corrected chi connectivity index (χ4v) is 8.80. The number of nitrogens with one attached hydrogen (secondary N) is 5. The zero-order chi connectivity index (χ0) is 38.7. The van der Waals surface area contributed by atoms with E-state index in [1.807, 2.05) is 0 Å². The summed E-state index contributed by atoms with van der Waals surface area (Å²) in [6, 6.07) is 2.60. The number of carbonyl (C=O) groups excluding carboxylic acids is 4. The second-order valence-corrected chi connectivity index (χ2v) is 16.8. The van der Waals surface area contributed by atoms with Gasteiger partial charge in [-0.3, -0.25) is 34.6 Å². The Kier molecular flexibility index (Phi) is 12.4. The third-order valence-electron chi connectivity index (χ3n) is 8.66. The van der Waals surface area contributed by atoms with E-state index in [0.29, 0.717) is 5.56 Å². The second-order valence-electron chi connectivity index (χ2n) is 13.3. The minimum absolute atomic E-state index is 0.0668. The van der Waals surface area contributed by atoms with Gasteiger partial charge in [-0.1, -0.05) is 24.3 Å². The number of aromatic hydroxyl groups is 2. The van der Waals surface area contributed by atoms with Gasteiger partial charge in [-0.15, -0.1) is 23.5 Å². The van der Waals surface area contributed by atoms with E-state index in [9.17, 15) is 49.2 Å². The summed E-state index contributed by atoms with van der Waals surface area (Å²) in [5.74, 6) is -6.21. The minimum atomic E-state index is -1.57. The minimum Gasteiger partial charge on any atom is -0.508 e. The van der Waals surface area contributed by atoms with E-state index >= 15 is 0 Å². The summed E-state index contributed by atoms with van der Waals surface area (Å²) < 4.78 is 3.06. The number of aliphatic carboxylic acids is 2. The molecule has 2 aromatic carbocycles. The van der Waals surface area contributed by atoms with Crippen LogP contribution in [0.15, 0.2) is 48.5 Å². The lowest BCUT2D eigenvalue weighted by molar-refractivity contribution is -0.146. The third kappa shape index (κ3) is 9.08. The molecular weight excluding hydrogens is 721 g/mol. The molecule has 2 fully saturated rings. The van der Waals surface area contributed by atoms with E-state index in [1.54, 1.807) is 27.7 Å². The number of hydrogen-bond donors (Lipinski definition) is 10. The first kappa shape index (κ1) is 40.2. The Balaban J connectivity index is 1.68. The van der Waals surface area contributed by atoms with Gasteiger partial charge in [0.05, 0.1) is 17.9 Å². The molecule has 2 aliphatic rings. The number of phenolic OH excluding ortho intramolecular Hbond substituents is 2. The molecular formula is C33H42N6O11S2. The Hall–Kier alpha value is -4.56. The molecule has 0 spiro atoms. The van der Waals surface area contributed by atoms with Crippen LogP contribution in [0.2, 0.25) is 0 Å². The van der Waals surface area contributed by atoms with Crippen molar-refractivity contribution in [2.45, 2.75) is 84.2 Å². The molecule has 2 aromatic rings. The lowest BCUT2D eigenvalue weighted by atomic mass is 10.0. The van der Waals surface area contributed by atoms with Crippen molar-refractivity contribution in [2.24, 2.45) is 5.73 Å². The largest absolute Gasteiger partial charge is 0.508 e. The quantitative estimate of drug-likeness (QED) is 0.119. The molecule has 0 aromatic heterocycles. The Morgan fingerprint density at radius 2 is 1.12 bits per heavy atom. The van der Waals surface area contributed by atoms with Crippen LogP contribution in [-0.2, 0) is 33.5 Å². The van der Waals surface area contributed by atoms with Gasteiger partial charge in [0, 0.05) is 9.49 Å². The first-order valence-electron chi connectivity index (χ1n) is 15.9. The number of ether oxygens (including phenoxy) is 1. The smallest absolute Gasteiger partial charge is 0.330 e. The monoisotopic (exact) mass is 762 g/mol. The molecule has 0 radical (unpaired) electrons. The van der Waals surface area contributed by atoms with E-state index in [4.69, 9.17) is 10.5 Å². The molecule has 0 saturated carbocycles. The van der Waals surface area contributed by atoms with E-state index < -0.39 is 92.1 Å². The fraction of sp³-hybridized carbons (Fsp3) is 0.455. The van der Waals surface area contributed by atoms with E-state index in [1.165, 1.54) is 48.5 Å². The van der Waals surface area contributed by atoms with Crippen LogP contribution < -0.4 is 32.3 Å². The summed E-state index contributed by atoms with van der Waals surface area (Å²) >= 11 is 2.16. The highest BCUT2D eigenvalue weighted by molar-refractivity contribution is 8.01. The standard InChI is InChI=1S/C33H42N6O11S2/c1-32(2)22(29(45)46)38-27(51-32)20(36-24(42)18(34)14-6-10-16(40)11-7-14)26(44)35-19(15-8-12-17(41)13-9-15)25(43)37-21(31(49)50-5)28-39-23(30(47)48)33(3,4)52-28/h6-13,18-23,27-28,38-41H,34H2,1-5H3,(H,35,44)(H,36,42)(H,37,43)(H,45,46)(H,47,48). The highest BCUT2D eigenvalue weighted by Crippen LogP contribution is 2.41. The van der Waals surface area contributed by atoms with Crippen molar-refractivity contribution >= 4 is 59.2 Å². The van der Waals surface area contributed by atoms with E-state index in [-0.39, 0.29) is 17.1 Å². The lowest BCUT2D eigenvalue weighted by Gasteiger charge is -2.29. The van der Waals surface area contributed by atoms with Crippen LogP contribution in [0.3, 0.4) is 0 Å². The first-order chi connectivity index (χ1) is 24.2. The number of benzene rings is 2. The predicted octanol–water partition coefficient (Wildman–Crippen LogP) is -0.114. The van der Waals surface area contributed by atoms with Crippen molar-refractivity contribution in [3.8, 4) is 11.5 Å². The Morgan fingerprint density at radius 1 is 0.692 bits per heavy atom. The van der Waals surface area contributed by atoms with Crippen LogP contribution in [0.25, 0.3) is 0 Å². The number of esters is 1. The normalized spacial score (nSPS) is 24.0. The Morgan fingerprint density at radius 3 is 1.54 bits per heavy atom. The molecule has 3 amide bonds. The van der Waals surface area contributed by atoms with E-state index in [2.05, 4.69) is 26.6 Å². The number of rotatable bonds is 13. The first-order valence-corrected chi connectivity index (χ1v) is 17.7.